The Hall–Kier alpha value is -3.78. The molecule has 7 rings (SSSR count). The van der Waals surface area contributed by atoms with Gasteiger partial charge in [-0.1, -0.05) is 78.9 Å². The Morgan fingerprint density at radius 2 is 1.54 bits per heavy atom. The molecule has 0 unspecified atom stereocenters. The summed E-state index contributed by atoms with van der Waals surface area (Å²) in [6.45, 7) is 2.06. The molecule has 0 bridgehead atoms. The van der Waals surface area contributed by atoms with E-state index in [1.165, 1.54) is 61.9 Å². The molecule has 0 radical (unpaired) electrons. The topological polar surface area (TPSA) is 8.17 Å². The number of nitrogens with zero attached hydrogens (tertiary/aromatic N) is 2. The number of fused-ring (bicyclic) bond motifs is 4. The van der Waals surface area contributed by atoms with Crippen LogP contribution in [0.2, 0.25) is 0 Å². The van der Waals surface area contributed by atoms with Crippen LogP contribution in [-0.2, 0) is 6.42 Å². The quantitative estimate of drug-likeness (QED) is 0.301. The van der Waals surface area contributed by atoms with Gasteiger partial charge in [-0.25, -0.2) is 0 Å². The van der Waals surface area contributed by atoms with Crippen LogP contribution >= 0.6 is 0 Å². The number of para-hydroxylation sites is 1. The molecule has 2 heteroatoms. The predicted molar refractivity (Wildman–Crippen MR) is 150 cm³/mol. The molecule has 0 saturated heterocycles. The van der Waals surface area contributed by atoms with Gasteiger partial charge in [0.05, 0.1) is 16.7 Å². The van der Waals surface area contributed by atoms with Crippen LogP contribution in [0.1, 0.15) is 31.2 Å². The lowest BCUT2D eigenvalue weighted by molar-refractivity contribution is 0.876. The van der Waals surface area contributed by atoms with Crippen LogP contribution in [0.5, 0.6) is 0 Å². The summed E-state index contributed by atoms with van der Waals surface area (Å²) < 4.78 is 2.53. The summed E-state index contributed by atoms with van der Waals surface area (Å²) in [5.74, 6) is 0. The molecule has 0 saturated carbocycles. The zero-order chi connectivity index (χ0) is 23.2. The van der Waals surface area contributed by atoms with E-state index in [-0.39, 0.29) is 0 Å². The van der Waals surface area contributed by atoms with Gasteiger partial charge in [0.25, 0.3) is 0 Å². The van der Waals surface area contributed by atoms with Crippen molar-refractivity contribution in [1.82, 2.24) is 4.57 Å². The molecule has 2 nitrogen and oxygen atoms in total. The van der Waals surface area contributed by atoms with Gasteiger partial charge in [0.2, 0.25) is 0 Å². The third-order valence-electron chi connectivity index (χ3n) is 7.72. The third kappa shape index (κ3) is 3.39. The first-order valence-electron chi connectivity index (χ1n) is 13.0. The fraction of sp³-hybridized carbons (Fsp3) is 0.212. The van der Waals surface area contributed by atoms with Gasteiger partial charge >= 0.3 is 0 Å². The SMILES string of the molecule is C1=CC(CN2CCc3cc4c5ccccc5n(C5=CCCC=C5)c4c(-c4ccccc4)c32)=CCC1. The summed E-state index contributed by atoms with van der Waals surface area (Å²) in [4.78, 5) is 2.63. The van der Waals surface area contributed by atoms with Crippen molar-refractivity contribution in [2.24, 2.45) is 0 Å². The van der Waals surface area contributed by atoms with E-state index in [1.807, 2.05) is 0 Å². The van der Waals surface area contributed by atoms with Crippen LogP contribution in [0.4, 0.5) is 5.69 Å². The van der Waals surface area contributed by atoms with Gasteiger partial charge in [0, 0.05) is 35.1 Å². The summed E-state index contributed by atoms with van der Waals surface area (Å²) in [7, 11) is 0. The molecule has 2 heterocycles. The molecular weight excluding hydrogens is 424 g/mol. The van der Waals surface area contributed by atoms with E-state index in [4.69, 9.17) is 0 Å². The summed E-state index contributed by atoms with van der Waals surface area (Å²) in [5, 5.41) is 2.72. The third-order valence-corrected chi connectivity index (χ3v) is 7.72. The Bertz CT molecular complexity index is 1560. The van der Waals surface area contributed by atoms with Crippen molar-refractivity contribution in [3.05, 3.63) is 108 Å². The highest BCUT2D eigenvalue weighted by atomic mass is 15.2. The summed E-state index contributed by atoms with van der Waals surface area (Å²) >= 11 is 0. The van der Waals surface area contributed by atoms with Gasteiger partial charge in [-0.15, -0.1) is 0 Å². The number of allylic oxidation sites excluding steroid dienone is 6. The molecule has 0 atom stereocenters. The van der Waals surface area contributed by atoms with Crippen LogP contribution in [-0.4, -0.2) is 17.7 Å². The maximum atomic E-state index is 2.63. The first kappa shape index (κ1) is 20.6. The van der Waals surface area contributed by atoms with Crippen molar-refractivity contribution < 1.29 is 0 Å². The van der Waals surface area contributed by atoms with E-state index in [1.54, 1.807) is 0 Å². The number of hydrogen-bond acceptors (Lipinski definition) is 1. The number of benzene rings is 3. The fourth-order valence-corrected chi connectivity index (χ4v) is 6.17. The van der Waals surface area contributed by atoms with Crippen molar-refractivity contribution in [2.45, 2.75) is 32.1 Å². The minimum Gasteiger partial charge on any atom is -0.366 e. The van der Waals surface area contributed by atoms with Crippen molar-refractivity contribution >= 4 is 33.2 Å². The first-order valence-corrected chi connectivity index (χ1v) is 13.0. The van der Waals surface area contributed by atoms with E-state index in [0.717, 1.165) is 38.8 Å². The lowest BCUT2D eigenvalue weighted by Gasteiger charge is -2.25. The van der Waals surface area contributed by atoms with Gasteiger partial charge in [-0.2, -0.15) is 0 Å². The average molecular weight is 455 g/mol. The van der Waals surface area contributed by atoms with Gasteiger partial charge in [-0.3, -0.25) is 0 Å². The molecule has 0 spiro atoms. The monoisotopic (exact) mass is 454 g/mol. The molecular formula is C33H30N2. The van der Waals surface area contributed by atoms with E-state index < -0.39 is 0 Å². The van der Waals surface area contributed by atoms with E-state index in [9.17, 15) is 0 Å². The number of hydrogen-bond donors (Lipinski definition) is 0. The highest BCUT2D eigenvalue weighted by molar-refractivity contribution is 6.18. The highest BCUT2D eigenvalue weighted by Gasteiger charge is 2.29. The Morgan fingerprint density at radius 1 is 0.743 bits per heavy atom. The normalized spacial score (nSPS) is 17.2. The van der Waals surface area contributed by atoms with Crippen molar-refractivity contribution in [3.8, 4) is 11.1 Å². The molecule has 4 aromatic rings. The van der Waals surface area contributed by atoms with E-state index in [2.05, 4.69) is 107 Å². The number of aromatic nitrogens is 1. The lowest BCUT2D eigenvalue weighted by atomic mass is 9.95. The summed E-state index contributed by atoms with van der Waals surface area (Å²) in [6.07, 6.45) is 19.8. The minimum atomic E-state index is 0.984. The Kier molecular flexibility index (Phi) is 4.98. The maximum Gasteiger partial charge on any atom is 0.0640 e. The fourth-order valence-electron chi connectivity index (χ4n) is 6.17. The molecule has 1 aliphatic heterocycles. The molecule has 35 heavy (non-hydrogen) atoms. The number of rotatable bonds is 4. The molecule has 0 amide bonds. The highest BCUT2D eigenvalue weighted by Crippen LogP contribution is 2.47. The van der Waals surface area contributed by atoms with Crippen LogP contribution in [0, 0.1) is 0 Å². The van der Waals surface area contributed by atoms with Gasteiger partial charge in [-0.05, 0) is 67.0 Å². The van der Waals surface area contributed by atoms with Crippen LogP contribution in [0.15, 0.2) is 103 Å². The van der Waals surface area contributed by atoms with Gasteiger partial charge in [0.15, 0.2) is 0 Å². The van der Waals surface area contributed by atoms with Crippen molar-refractivity contribution in [3.63, 3.8) is 0 Å². The Labute approximate surface area is 207 Å². The predicted octanol–water partition coefficient (Wildman–Crippen LogP) is 8.29. The van der Waals surface area contributed by atoms with Gasteiger partial charge in [0.1, 0.15) is 0 Å². The molecule has 3 aromatic carbocycles. The molecule has 0 fully saturated rings. The smallest absolute Gasteiger partial charge is 0.0640 e. The molecule has 1 aromatic heterocycles. The molecule has 2 aliphatic carbocycles. The molecule has 3 aliphatic rings. The van der Waals surface area contributed by atoms with Crippen molar-refractivity contribution in [2.75, 3.05) is 18.0 Å². The standard InChI is InChI=1S/C33H30N2/c1-4-12-24(13-5-1)23-34-21-20-26-22-29-28-18-10-11-19-30(28)35(27-16-8-3-9-17-27)33(29)31(32(26)34)25-14-6-2-7-15-25/h2,4,6-8,10-19,22H,1,3,5,9,20-21,23H2. The van der Waals surface area contributed by atoms with Crippen molar-refractivity contribution in [1.29, 1.82) is 0 Å². The van der Waals surface area contributed by atoms with Gasteiger partial charge < -0.3 is 9.47 Å². The zero-order valence-corrected chi connectivity index (χ0v) is 20.1. The summed E-state index contributed by atoms with van der Waals surface area (Å²) in [6, 6.07) is 22.5. The lowest BCUT2D eigenvalue weighted by Crippen LogP contribution is -2.23. The minimum absolute atomic E-state index is 0.984. The van der Waals surface area contributed by atoms with Crippen LogP contribution in [0.3, 0.4) is 0 Å². The van der Waals surface area contributed by atoms with E-state index >= 15 is 0 Å². The Morgan fingerprint density at radius 3 is 2.34 bits per heavy atom. The zero-order valence-electron chi connectivity index (χ0n) is 20.1. The van der Waals surface area contributed by atoms with Crippen LogP contribution in [0.25, 0.3) is 38.6 Å². The second-order valence-electron chi connectivity index (χ2n) is 9.91. The second kappa shape index (κ2) is 8.46. The molecule has 0 N–H and O–H groups in total. The Balaban J connectivity index is 1.56. The van der Waals surface area contributed by atoms with Crippen LogP contribution < -0.4 is 4.90 Å². The first-order chi connectivity index (χ1) is 17.4. The second-order valence-corrected chi connectivity index (χ2v) is 9.91. The largest absolute Gasteiger partial charge is 0.366 e. The number of anilines is 1. The summed E-state index contributed by atoms with van der Waals surface area (Å²) in [5.41, 5.74) is 11.0. The average Bonchev–Trinajstić information content (AvgIpc) is 3.48. The molecule has 172 valence electrons. The maximum absolute atomic E-state index is 2.63. The van der Waals surface area contributed by atoms with E-state index in [0.29, 0.717) is 0 Å².